The van der Waals surface area contributed by atoms with Crippen molar-refractivity contribution in [3.63, 3.8) is 0 Å². The van der Waals surface area contributed by atoms with E-state index in [9.17, 15) is 18.5 Å². The molecule has 2 heterocycles. The maximum Gasteiger partial charge on any atom is 0.311 e. The van der Waals surface area contributed by atoms with Crippen LogP contribution in [0.15, 0.2) is 12.1 Å². The zero-order chi connectivity index (χ0) is 15.5. The molecule has 0 radical (unpaired) electrons. The second kappa shape index (κ2) is 6.25. The smallest absolute Gasteiger partial charge is 0.311 e. The molecular formula is C12H18N4O4S. The summed E-state index contributed by atoms with van der Waals surface area (Å²) in [6, 6.07) is 2.56. The third-order valence-electron chi connectivity index (χ3n) is 3.23. The van der Waals surface area contributed by atoms with Crippen molar-refractivity contribution in [2.24, 2.45) is 0 Å². The molecule has 0 saturated carbocycles. The summed E-state index contributed by atoms with van der Waals surface area (Å²) in [5.41, 5.74) is -0.153. The van der Waals surface area contributed by atoms with E-state index in [2.05, 4.69) is 15.6 Å². The van der Waals surface area contributed by atoms with Gasteiger partial charge in [0.15, 0.2) is 9.84 Å². The molecule has 1 saturated heterocycles. The van der Waals surface area contributed by atoms with E-state index in [1.54, 1.807) is 0 Å². The van der Waals surface area contributed by atoms with Gasteiger partial charge in [-0.15, -0.1) is 0 Å². The van der Waals surface area contributed by atoms with E-state index in [4.69, 9.17) is 0 Å². The van der Waals surface area contributed by atoms with Crippen molar-refractivity contribution in [2.45, 2.75) is 25.8 Å². The molecule has 9 heteroatoms. The molecule has 1 aromatic rings. The van der Waals surface area contributed by atoms with Crippen LogP contribution in [0.25, 0.3) is 0 Å². The molecule has 0 bridgehead atoms. The van der Waals surface area contributed by atoms with E-state index in [0.29, 0.717) is 25.2 Å². The molecule has 21 heavy (non-hydrogen) atoms. The summed E-state index contributed by atoms with van der Waals surface area (Å²) in [5, 5.41) is 16.9. The maximum absolute atomic E-state index is 11.6. The highest BCUT2D eigenvalue weighted by Gasteiger charge is 2.27. The van der Waals surface area contributed by atoms with Crippen molar-refractivity contribution in [2.75, 3.05) is 28.7 Å². The van der Waals surface area contributed by atoms with Crippen molar-refractivity contribution < 1.29 is 13.3 Å². The van der Waals surface area contributed by atoms with Crippen molar-refractivity contribution >= 4 is 27.2 Å². The van der Waals surface area contributed by atoms with Crippen LogP contribution in [0, 0.1) is 10.1 Å². The molecule has 1 aliphatic rings. The minimum atomic E-state index is -3.08. The molecule has 0 aromatic carbocycles. The summed E-state index contributed by atoms with van der Waals surface area (Å²) < 4.78 is 23.3. The predicted molar refractivity (Wildman–Crippen MR) is 80.4 cm³/mol. The molecule has 8 nitrogen and oxygen atoms in total. The summed E-state index contributed by atoms with van der Waals surface area (Å²) in [7, 11) is -3.08. The third kappa shape index (κ3) is 4.03. The molecular weight excluding hydrogens is 296 g/mol. The molecule has 0 amide bonds. The zero-order valence-corrected chi connectivity index (χ0v) is 12.5. The lowest BCUT2D eigenvalue weighted by Gasteiger charge is -2.23. The van der Waals surface area contributed by atoms with Gasteiger partial charge in [0.1, 0.15) is 5.82 Å². The monoisotopic (exact) mass is 314 g/mol. The topological polar surface area (TPSA) is 114 Å². The molecule has 2 rings (SSSR count). The summed E-state index contributed by atoms with van der Waals surface area (Å²) >= 11 is 0. The number of nitrogens with one attached hydrogen (secondary N) is 2. The Morgan fingerprint density at radius 1 is 1.48 bits per heavy atom. The van der Waals surface area contributed by atoms with Crippen molar-refractivity contribution in [1.29, 1.82) is 0 Å². The van der Waals surface area contributed by atoms with E-state index < -0.39 is 14.8 Å². The number of nitro groups is 1. The first-order valence-corrected chi connectivity index (χ1v) is 8.59. The fourth-order valence-corrected chi connectivity index (χ4v) is 3.95. The summed E-state index contributed by atoms with van der Waals surface area (Å²) in [4.78, 5) is 14.7. The number of hydrogen-bond donors (Lipinski definition) is 2. The first kappa shape index (κ1) is 15.5. The van der Waals surface area contributed by atoms with Crippen molar-refractivity contribution in [3.8, 4) is 0 Å². The SMILES string of the molecule is CCNc1ccc([N+](=O)[O-])c(NC2CCCS(=O)(=O)C2)n1. The average Bonchev–Trinajstić information content (AvgIpc) is 2.37. The lowest BCUT2D eigenvalue weighted by atomic mass is 10.2. The minimum absolute atomic E-state index is 0.0166. The van der Waals surface area contributed by atoms with E-state index in [0.717, 1.165) is 0 Å². The normalized spacial score (nSPS) is 20.7. The van der Waals surface area contributed by atoms with Crippen LogP contribution in [0.3, 0.4) is 0 Å². The first-order chi connectivity index (χ1) is 9.91. The van der Waals surface area contributed by atoms with Crippen LogP contribution < -0.4 is 10.6 Å². The number of anilines is 2. The molecule has 1 aliphatic heterocycles. The highest BCUT2D eigenvalue weighted by molar-refractivity contribution is 7.91. The second-order valence-electron chi connectivity index (χ2n) is 4.95. The van der Waals surface area contributed by atoms with Gasteiger partial charge in [-0.05, 0) is 25.8 Å². The van der Waals surface area contributed by atoms with E-state index in [1.165, 1.54) is 12.1 Å². The number of rotatable bonds is 5. The third-order valence-corrected chi connectivity index (χ3v) is 5.05. The molecule has 1 atom stereocenters. The predicted octanol–water partition coefficient (Wildman–Crippen LogP) is 1.41. The van der Waals surface area contributed by atoms with Crippen LogP contribution in [0.2, 0.25) is 0 Å². The van der Waals surface area contributed by atoms with Crippen LogP contribution in [-0.2, 0) is 9.84 Å². The van der Waals surface area contributed by atoms with Gasteiger partial charge in [-0.3, -0.25) is 10.1 Å². The van der Waals surface area contributed by atoms with Crippen LogP contribution in [0.4, 0.5) is 17.3 Å². The summed E-state index contributed by atoms with van der Waals surface area (Å²) in [5.74, 6) is 0.792. The van der Waals surface area contributed by atoms with Crippen LogP contribution >= 0.6 is 0 Å². The number of hydrogen-bond acceptors (Lipinski definition) is 7. The van der Waals surface area contributed by atoms with E-state index in [-0.39, 0.29) is 29.1 Å². The summed E-state index contributed by atoms with van der Waals surface area (Å²) in [6.45, 7) is 2.53. The van der Waals surface area contributed by atoms with Gasteiger partial charge in [0, 0.05) is 18.7 Å². The number of pyridine rings is 1. The van der Waals surface area contributed by atoms with Gasteiger partial charge >= 0.3 is 5.69 Å². The Hall–Kier alpha value is -1.90. The first-order valence-electron chi connectivity index (χ1n) is 6.77. The van der Waals surface area contributed by atoms with Gasteiger partial charge in [-0.2, -0.15) is 0 Å². The Kier molecular flexibility index (Phi) is 4.61. The number of nitrogens with zero attached hydrogens (tertiary/aromatic N) is 2. The number of sulfone groups is 1. The average molecular weight is 314 g/mol. The van der Waals surface area contributed by atoms with Gasteiger partial charge in [-0.1, -0.05) is 0 Å². The fraction of sp³-hybridized carbons (Fsp3) is 0.583. The van der Waals surface area contributed by atoms with Crippen molar-refractivity contribution in [3.05, 3.63) is 22.2 Å². The van der Waals surface area contributed by atoms with Crippen LogP contribution in [0.5, 0.6) is 0 Å². The van der Waals surface area contributed by atoms with Crippen molar-refractivity contribution in [1.82, 2.24) is 4.98 Å². The van der Waals surface area contributed by atoms with E-state index in [1.807, 2.05) is 6.92 Å². The number of aromatic nitrogens is 1. The Bertz CT molecular complexity index is 632. The van der Waals surface area contributed by atoms with Gasteiger partial charge in [0.2, 0.25) is 5.82 Å². The van der Waals surface area contributed by atoms with Gasteiger partial charge in [-0.25, -0.2) is 13.4 Å². The van der Waals surface area contributed by atoms with Gasteiger partial charge < -0.3 is 10.6 Å². The molecule has 2 N–H and O–H groups in total. The second-order valence-corrected chi connectivity index (χ2v) is 7.18. The minimum Gasteiger partial charge on any atom is -0.370 e. The highest BCUT2D eigenvalue weighted by atomic mass is 32.2. The lowest BCUT2D eigenvalue weighted by Crippen LogP contribution is -2.35. The molecule has 0 spiro atoms. The Balaban J connectivity index is 2.24. The summed E-state index contributed by atoms with van der Waals surface area (Å²) in [6.07, 6.45) is 1.21. The molecule has 1 fully saturated rings. The standard InChI is InChI=1S/C12H18N4O4S/c1-2-13-11-6-5-10(16(17)18)12(15-11)14-9-4-3-7-21(19,20)8-9/h5-6,9H,2-4,7-8H2,1H3,(H2,13,14,15). The zero-order valence-electron chi connectivity index (χ0n) is 11.7. The molecule has 116 valence electrons. The van der Waals surface area contributed by atoms with Crippen LogP contribution in [0.1, 0.15) is 19.8 Å². The molecule has 1 aromatic heterocycles. The maximum atomic E-state index is 11.6. The molecule has 1 unspecified atom stereocenters. The Labute approximate surface area is 123 Å². The largest absolute Gasteiger partial charge is 0.370 e. The Morgan fingerprint density at radius 2 is 2.24 bits per heavy atom. The van der Waals surface area contributed by atoms with Gasteiger partial charge in [0.05, 0.1) is 16.4 Å². The fourth-order valence-electron chi connectivity index (χ4n) is 2.31. The lowest BCUT2D eigenvalue weighted by molar-refractivity contribution is -0.384. The highest BCUT2D eigenvalue weighted by Crippen LogP contribution is 2.26. The Morgan fingerprint density at radius 3 is 2.86 bits per heavy atom. The quantitative estimate of drug-likeness (QED) is 0.623. The molecule has 0 aliphatic carbocycles. The van der Waals surface area contributed by atoms with Crippen LogP contribution in [-0.4, -0.2) is 42.4 Å². The van der Waals surface area contributed by atoms with Gasteiger partial charge in [0.25, 0.3) is 0 Å². The van der Waals surface area contributed by atoms with E-state index >= 15 is 0 Å².